The van der Waals surface area contributed by atoms with Gasteiger partial charge in [0.1, 0.15) is 0 Å². The second-order valence-electron chi connectivity index (χ2n) is 2.66. The van der Waals surface area contributed by atoms with E-state index in [1.165, 1.54) is 32.1 Å². The average Bonchev–Trinajstić information content (AvgIpc) is 1.97. The highest BCUT2D eigenvalue weighted by atomic mass is 32.1. The molecule has 1 atom stereocenters. The lowest BCUT2D eigenvalue weighted by Gasteiger charge is -2.07. The van der Waals surface area contributed by atoms with Crippen LogP contribution < -0.4 is 0 Å². The van der Waals surface area contributed by atoms with Gasteiger partial charge in [0, 0.05) is 5.25 Å². The number of rotatable bonds is 6. The van der Waals surface area contributed by atoms with Crippen LogP contribution in [0.3, 0.4) is 0 Å². The standard InChI is InChI=1S/C8H18S2/c1-2-3-5-8(10)6-4-7-9/h8-10H,2-7H2,1H3. The maximum Gasteiger partial charge on any atom is 0.00171 e. The molecule has 0 saturated carbocycles. The van der Waals surface area contributed by atoms with E-state index in [0.717, 1.165) is 5.75 Å². The fourth-order valence-electron chi connectivity index (χ4n) is 0.911. The Morgan fingerprint density at radius 3 is 2.30 bits per heavy atom. The van der Waals surface area contributed by atoms with Crippen molar-refractivity contribution in [3.63, 3.8) is 0 Å². The third-order valence-electron chi connectivity index (χ3n) is 1.59. The average molecular weight is 178 g/mol. The van der Waals surface area contributed by atoms with E-state index in [1.54, 1.807) is 0 Å². The Labute approximate surface area is 75.6 Å². The van der Waals surface area contributed by atoms with Crippen LogP contribution in [-0.2, 0) is 0 Å². The van der Waals surface area contributed by atoms with E-state index >= 15 is 0 Å². The van der Waals surface area contributed by atoms with Gasteiger partial charge >= 0.3 is 0 Å². The summed E-state index contributed by atoms with van der Waals surface area (Å²) < 4.78 is 0. The minimum absolute atomic E-state index is 0.618. The molecule has 0 heterocycles. The molecule has 0 bridgehead atoms. The molecule has 10 heavy (non-hydrogen) atoms. The predicted octanol–water partition coefficient (Wildman–Crippen LogP) is 3.19. The number of hydrogen-bond acceptors (Lipinski definition) is 2. The van der Waals surface area contributed by atoms with Gasteiger partial charge in [-0.15, -0.1) is 0 Å². The van der Waals surface area contributed by atoms with Gasteiger partial charge < -0.3 is 0 Å². The quantitative estimate of drug-likeness (QED) is 0.573. The molecule has 0 saturated heterocycles. The van der Waals surface area contributed by atoms with Crippen molar-refractivity contribution in [3.05, 3.63) is 0 Å². The fourth-order valence-corrected chi connectivity index (χ4v) is 1.46. The summed E-state index contributed by atoms with van der Waals surface area (Å²) in [6, 6.07) is 0. The van der Waals surface area contributed by atoms with Crippen molar-refractivity contribution in [1.29, 1.82) is 0 Å². The van der Waals surface area contributed by atoms with Crippen LogP contribution in [0.1, 0.15) is 39.0 Å². The first-order valence-electron chi connectivity index (χ1n) is 4.10. The molecule has 0 aliphatic heterocycles. The van der Waals surface area contributed by atoms with E-state index in [2.05, 4.69) is 32.2 Å². The Kier molecular flexibility index (Phi) is 8.35. The van der Waals surface area contributed by atoms with Crippen LogP contribution in [-0.4, -0.2) is 11.0 Å². The fraction of sp³-hybridized carbons (Fsp3) is 1.00. The van der Waals surface area contributed by atoms with Crippen molar-refractivity contribution < 1.29 is 0 Å². The molecule has 0 nitrogen and oxygen atoms in total. The molecule has 0 spiro atoms. The molecule has 1 unspecified atom stereocenters. The Bertz CT molecular complexity index is 56.3. The lowest BCUT2D eigenvalue weighted by Crippen LogP contribution is -1.98. The molecular formula is C8H18S2. The van der Waals surface area contributed by atoms with E-state index in [9.17, 15) is 0 Å². The van der Waals surface area contributed by atoms with Gasteiger partial charge in [-0.05, 0) is 25.0 Å². The van der Waals surface area contributed by atoms with Gasteiger partial charge in [0.05, 0.1) is 0 Å². The van der Waals surface area contributed by atoms with Crippen LogP contribution in [0.15, 0.2) is 0 Å². The third-order valence-corrected chi connectivity index (χ3v) is 2.42. The van der Waals surface area contributed by atoms with E-state index in [4.69, 9.17) is 0 Å². The minimum Gasteiger partial charge on any atom is -0.179 e. The van der Waals surface area contributed by atoms with E-state index in [1.807, 2.05) is 0 Å². The normalized spacial score (nSPS) is 13.5. The highest BCUT2D eigenvalue weighted by Crippen LogP contribution is 2.12. The monoisotopic (exact) mass is 178 g/mol. The summed E-state index contributed by atoms with van der Waals surface area (Å²) in [6.07, 6.45) is 6.32. The second kappa shape index (κ2) is 7.80. The first-order valence-corrected chi connectivity index (χ1v) is 5.25. The maximum atomic E-state index is 4.46. The molecule has 0 fully saturated rings. The molecule has 0 aliphatic rings. The summed E-state index contributed by atoms with van der Waals surface area (Å²) >= 11 is 8.62. The topological polar surface area (TPSA) is 0 Å². The molecule has 0 aliphatic carbocycles. The Morgan fingerprint density at radius 1 is 1.20 bits per heavy atom. The predicted molar refractivity (Wildman–Crippen MR) is 55.4 cm³/mol. The smallest absolute Gasteiger partial charge is 0.00171 e. The molecule has 0 aromatic rings. The van der Waals surface area contributed by atoms with E-state index < -0.39 is 0 Å². The Balaban J connectivity index is 3.00. The van der Waals surface area contributed by atoms with Crippen LogP contribution in [0.4, 0.5) is 0 Å². The molecule has 0 rings (SSSR count). The Hall–Kier alpha value is 0.700. The van der Waals surface area contributed by atoms with Crippen LogP contribution in [0.2, 0.25) is 0 Å². The minimum atomic E-state index is 0.618. The van der Waals surface area contributed by atoms with Crippen molar-refractivity contribution in [3.8, 4) is 0 Å². The highest BCUT2D eigenvalue weighted by molar-refractivity contribution is 7.81. The van der Waals surface area contributed by atoms with E-state index in [0.29, 0.717) is 5.25 Å². The van der Waals surface area contributed by atoms with Gasteiger partial charge in [0.15, 0.2) is 0 Å². The van der Waals surface area contributed by atoms with Gasteiger partial charge in [-0.2, -0.15) is 25.3 Å². The second-order valence-corrected chi connectivity index (χ2v) is 3.84. The van der Waals surface area contributed by atoms with Gasteiger partial charge in [-0.3, -0.25) is 0 Å². The van der Waals surface area contributed by atoms with Crippen molar-refractivity contribution >= 4 is 25.3 Å². The first-order chi connectivity index (χ1) is 4.81. The van der Waals surface area contributed by atoms with Gasteiger partial charge in [-0.25, -0.2) is 0 Å². The van der Waals surface area contributed by atoms with Gasteiger partial charge in [-0.1, -0.05) is 19.8 Å². The van der Waals surface area contributed by atoms with Crippen molar-refractivity contribution in [2.24, 2.45) is 0 Å². The zero-order valence-corrected chi connectivity index (χ0v) is 8.50. The number of thiol groups is 2. The largest absolute Gasteiger partial charge is 0.179 e. The number of unbranched alkanes of at least 4 members (excludes halogenated alkanes) is 1. The van der Waals surface area contributed by atoms with Crippen LogP contribution in [0.5, 0.6) is 0 Å². The SMILES string of the molecule is CCCCC(S)CCCS. The van der Waals surface area contributed by atoms with Crippen molar-refractivity contribution in [2.75, 3.05) is 5.75 Å². The van der Waals surface area contributed by atoms with Crippen molar-refractivity contribution in [1.82, 2.24) is 0 Å². The van der Waals surface area contributed by atoms with Gasteiger partial charge in [0.25, 0.3) is 0 Å². The summed E-state index contributed by atoms with van der Waals surface area (Å²) in [5.74, 6) is 1.00. The third kappa shape index (κ3) is 6.81. The molecule has 0 aromatic heterocycles. The number of hydrogen-bond donors (Lipinski definition) is 2. The summed E-state index contributed by atoms with van der Waals surface area (Å²) in [7, 11) is 0. The molecule has 0 N–H and O–H groups in total. The molecular weight excluding hydrogens is 160 g/mol. The van der Waals surface area contributed by atoms with Crippen molar-refractivity contribution in [2.45, 2.75) is 44.3 Å². The van der Waals surface area contributed by atoms with Crippen LogP contribution >= 0.6 is 25.3 Å². The molecule has 0 aromatic carbocycles. The van der Waals surface area contributed by atoms with Gasteiger partial charge in [0.2, 0.25) is 0 Å². The van der Waals surface area contributed by atoms with Crippen LogP contribution in [0.25, 0.3) is 0 Å². The molecule has 62 valence electrons. The molecule has 0 radical (unpaired) electrons. The zero-order valence-electron chi connectivity index (χ0n) is 6.71. The van der Waals surface area contributed by atoms with Crippen LogP contribution in [0, 0.1) is 0 Å². The van der Waals surface area contributed by atoms with E-state index in [-0.39, 0.29) is 0 Å². The Morgan fingerprint density at radius 2 is 1.80 bits per heavy atom. The maximum absolute atomic E-state index is 4.46. The molecule has 2 heteroatoms. The molecule has 0 amide bonds. The highest BCUT2D eigenvalue weighted by Gasteiger charge is 1.99. The summed E-state index contributed by atoms with van der Waals surface area (Å²) in [5, 5.41) is 0.618. The summed E-state index contributed by atoms with van der Waals surface area (Å²) in [5.41, 5.74) is 0. The lowest BCUT2D eigenvalue weighted by atomic mass is 10.1. The first kappa shape index (κ1) is 10.7. The summed E-state index contributed by atoms with van der Waals surface area (Å²) in [6.45, 7) is 2.22. The summed E-state index contributed by atoms with van der Waals surface area (Å²) in [4.78, 5) is 0. The lowest BCUT2D eigenvalue weighted by molar-refractivity contribution is 0.645. The zero-order chi connectivity index (χ0) is 7.82.